The lowest BCUT2D eigenvalue weighted by molar-refractivity contribution is -0.133. The van der Waals surface area contributed by atoms with Crippen molar-refractivity contribution in [2.45, 2.75) is 39.7 Å². The Kier molecular flexibility index (Phi) is 7.11. The van der Waals surface area contributed by atoms with Crippen LogP contribution >= 0.6 is 0 Å². The van der Waals surface area contributed by atoms with Gasteiger partial charge in [-0.25, -0.2) is 4.79 Å². The predicted octanol–water partition coefficient (Wildman–Crippen LogP) is 1.29. The second-order valence-corrected chi connectivity index (χ2v) is 5.26. The van der Waals surface area contributed by atoms with E-state index in [9.17, 15) is 14.4 Å². The van der Waals surface area contributed by atoms with Gasteiger partial charge in [0.25, 0.3) is 0 Å². The summed E-state index contributed by atoms with van der Waals surface area (Å²) in [5, 5.41) is 0. The molecular weight excluding hydrogens is 248 g/mol. The molecule has 0 rings (SSSR count). The Morgan fingerprint density at radius 1 is 1.21 bits per heavy atom. The summed E-state index contributed by atoms with van der Waals surface area (Å²) in [4.78, 5) is 36.6. The number of carbonyl (C=O) groups is 3. The van der Waals surface area contributed by atoms with Crippen LogP contribution in [0.25, 0.3) is 0 Å². The molecule has 0 aliphatic carbocycles. The van der Waals surface area contributed by atoms with Gasteiger partial charge in [-0.05, 0) is 20.8 Å². The summed E-state index contributed by atoms with van der Waals surface area (Å²) in [5.74, 6) is -0.107. The van der Waals surface area contributed by atoms with Crippen LogP contribution in [0.15, 0.2) is 0 Å². The van der Waals surface area contributed by atoms with Gasteiger partial charge in [0.05, 0.1) is 6.54 Å². The van der Waals surface area contributed by atoms with E-state index in [4.69, 9.17) is 4.74 Å². The Morgan fingerprint density at radius 2 is 1.79 bits per heavy atom. The highest BCUT2D eigenvalue weighted by Gasteiger charge is 2.20. The van der Waals surface area contributed by atoms with Gasteiger partial charge in [-0.2, -0.15) is 0 Å². The van der Waals surface area contributed by atoms with Gasteiger partial charge in [0.1, 0.15) is 11.9 Å². The van der Waals surface area contributed by atoms with Crippen LogP contribution in [0.5, 0.6) is 0 Å². The highest BCUT2D eigenvalue weighted by molar-refractivity contribution is 5.78. The van der Waals surface area contributed by atoms with Gasteiger partial charge in [0.2, 0.25) is 5.91 Å². The van der Waals surface area contributed by atoms with Crippen molar-refractivity contribution in [3.63, 3.8) is 0 Å². The summed E-state index contributed by atoms with van der Waals surface area (Å²) >= 11 is 0. The first-order chi connectivity index (χ1) is 8.71. The van der Waals surface area contributed by atoms with E-state index in [2.05, 4.69) is 0 Å². The van der Waals surface area contributed by atoms with Gasteiger partial charge >= 0.3 is 6.09 Å². The molecule has 2 amide bonds. The lowest BCUT2D eigenvalue weighted by Gasteiger charge is -2.27. The number of rotatable bonds is 6. The normalized spacial score (nSPS) is 10.8. The molecule has 0 saturated heterocycles. The van der Waals surface area contributed by atoms with Crippen molar-refractivity contribution in [3.8, 4) is 0 Å². The molecule has 0 radical (unpaired) electrons. The van der Waals surface area contributed by atoms with Gasteiger partial charge in [-0.15, -0.1) is 0 Å². The number of amides is 2. The zero-order valence-electron chi connectivity index (χ0n) is 12.4. The number of hydrogen-bond acceptors (Lipinski definition) is 4. The maximum absolute atomic E-state index is 11.7. The van der Waals surface area contributed by atoms with Crippen molar-refractivity contribution in [2.24, 2.45) is 0 Å². The first-order valence-electron chi connectivity index (χ1n) is 6.36. The third-order valence-corrected chi connectivity index (χ3v) is 2.36. The number of nitrogens with zero attached hydrogens (tertiary/aromatic N) is 2. The number of hydrogen-bond donors (Lipinski definition) is 0. The topological polar surface area (TPSA) is 66.9 Å². The van der Waals surface area contributed by atoms with Crippen molar-refractivity contribution in [3.05, 3.63) is 0 Å². The third-order valence-electron chi connectivity index (χ3n) is 2.36. The van der Waals surface area contributed by atoms with Gasteiger partial charge in [-0.1, -0.05) is 6.92 Å². The maximum Gasteiger partial charge on any atom is 0.410 e. The standard InChI is InChI=1S/C13H24N2O4/c1-6-11(17)15(9-10-16)8-7-14(5)12(18)19-13(2,3)4/h10H,6-9H2,1-5H3. The molecule has 0 heterocycles. The van der Waals surface area contributed by atoms with E-state index < -0.39 is 11.7 Å². The van der Waals surface area contributed by atoms with Crippen LogP contribution in [0.4, 0.5) is 4.79 Å². The molecule has 0 atom stereocenters. The summed E-state index contributed by atoms with van der Waals surface area (Å²) in [6, 6.07) is 0. The number of ether oxygens (including phenoxy) is 1. The molecule has 0 fully saturated rings. The van der Waals surface area contributed by atoms with Crippen molar-refractivity contribution < 1.29 is 19.1 Å². The van der Waals surface area contributed by atoms with Crippen molar-refractivity contribution in [2.75, 3.05) is 26.7 Å². The fourth-order valence-electron chi connectivity index (χ4n) is 1.33. The van der Waals surface area contributed by atoms with Crippen LogP contribution in [0, 0.1) is 0 Å². The fourth-order valence-corrected chi connectivity index (χ4v) is 1.33. The summed E-state index contributed by atoms with van der Waals surface area (Å²) in [6.45, 7) is 7.80. The molecule has 6 heteroatoms. The van der Waals surface area contributed by atoms with Crippen molar-refractivity contribution in [1.82, 2.24) is 9.80 Å². The van der Waals surface area contributed by atoms with E-state index in [1.807, 2.05) is 0 Å². The lowest BCUT2D eigenvalue weighted by Crippen LogP contribution is -2.41. The molecule has 0 aromatic rings. The second-order valence-electron chi connectivity index (χ2n) is 5.26. The third kappa shape index (κ3) is 7.43. The Balaban J connectivity index is 4.31. The molecule has 0 saturated carbocycles. The molecule has 0 unspecified atom stereocenters. The first-order valence-corrected chi connectivity index (χ1v) is 6.36. The fraction of sp³-hybridized carbons (Fsp3) is 0.769. The van der Waals surface area contributed by atoms with E-state index in [1.54, 1.807) is 34.7 Å². The zero-order valence-corrected chi connectivity index (χ0v) is 12.4. The molecule has 0 N–H and O–H groups in total. The van der Waals surface area contributed by atoms with E-state index in [1.165, 1.54) is 9.80 Å². The lowest BCUT2D eigenvalue weighted by atomic mass is 10.2. The Labute approximate surface area is 114 Å². The molecule has 0 aliphatic heterocycles. The molecule has 0 aliphatic rings. The number of carbonyl (C=O) groups excluding carboxylic acids is 3. The van der Waals surface area contributed by atoms with E-state index in [0.29, 0.717) is 25.8 Å². The number of aldehydes is 1. The molecular formula is C13H24N2O4. The number of likely N-dealkylation sites (N-methyl/N-ethyl adjacent to an activating group) is 1. The summed E-state index contributed by atoms with van der Waals surface area (Å²) in [6.07, 6.45) is 0.577. The van der Waals surface area contributed by atoms with Crippen molar-refractivity contribution in [1.29, 1.82) is 0 Å². The van der Waals surface area contributed by atoms with Gasteiger partial charge in [0.15, 0.2) is 0 Å². The monoisotopic (exact) mass is 272 g/mol. The Bertz CT molecular complexity index is 323. The minimum Gasteiger partial charge on any atom is -0.444 e. The summed E-state index contributed by atoms with van der Waals surface area (Å²) < 4.78 is 5.19. The molecule has 6 nitrogen and oxygen atoms in total. The maximum atomic E-state index is 11.7. The van der Waals surface area contributed by atoms with Gasteiger partial charge in [0, 0.05) is 26.6 Å². The predicted molar refractivity (Wildman–Crippen MR) is 71.8 cm³/mol. The molecule has 0 spiro atoms. The zero-order chi connectivity index (χ0) is 15.1. The summed E-state index contributed by atoms with van der Waals surface area (Å²) in [5.41, 5.74) is -0.549. The van der Waals surface area contributed by atoms with Crippen LogP contribution in [-0.4, -0.2) is 60.4 Å². The minimum atomic E-state index is -0.549. The Morgan fingerprint density at radius 3 is 2.21 bits per heavy atom. The highest BCUT2D eigenvalue weighted by atomic mass is 16.6. The van der Waals surface area contributed by atoms with Gasteiger partial charge < -0.3 is 19.3 Å². The molecule has 19 heavy (non-hydrogen) atoms. The van der Waals surface area contributed by atoms with Crippen LogP contribution in [0.1, 0.15) is 34.1 Å². The van der Waals surface area contributed by atoms with E-state index in [-0.39, 0.29) is 12.5 Å². The van der Waals surface area contributed by atoms with E-state index in [0.717, 1.165) is 0 Å². The molecule has 0 bridgehead atoms. The molecule has 110 valence electrons. The smallest absolute Gasteiger partial charge is 0.410 e. The largest absolute Gasteiger partial charge is 0.444 e. The molecule has 0 aromatic heterocycles. The average molecular weight is 272 g/mol. The van der Waals surface area contributed by atoms with E-state index >= 15 is 0 Å². The second kappa shape index (κ2) is 7.76. The van der Waals surface area contributed by atoms with Crippen LogP contribution in [0.3, 0.4) is 0 Å². The quantitative estimate of drug-likeness (QED) is 0.683. The van der Waals surface area contributed by atoms with Crippen LogP contribution in [-0.2, 0) is 14.3 Å². The SMILES string of the molecule is CCC(=O)N(CC=O)CCN(C)C(=O)OC(C)(C)C. The van der Waals surface area contributed by atoms with Crippen LogP contribution in [0.2, 0.25) is 0 Å². The average Bonchev–Trinajstić information content (AvgIpc) is 2.30. The molecule has 0 aromatic carbocycles. The highest BCUT2D eigenvalue weighted by Crippen LogP contribution is 2.09. The summed E-state index contributed by atoms with van der Waals surface area (Å²) in [7, 11) is 1.60. The van der Waals surface area contributed by atoms with Gasteiger partial charge in [-0.3, -0.25) is 4.79 Å². The minimum absolute atomic E-state index is 0.0504. The van der Waals surface area contributed by atoms with Crippen molar-refractivity contribution >= 4 is 18.3 Å². The van der Waals surface area contributed by atoms with Crippen LogP contribution < -0.4 is 0 Å². The first kappa shape index (κ1) is 17.4. The Hall–Kier alpha value is -1.59.